The molecule has 5 aromatic rings. The van der Waals surface area contributed by atoms with Crippen LogP contribution in [0.15, 0.2) is 36.5 Å². The molecule has 32 heavy (non-hydrogen) atoms. The van der Waals surface area contributed by atoms with Gasteiger partial charge in [0.05, 0.1) is 27.7 Å². The summed E-state index contributed by atoms with van der Waals surface area (Å²) in [4.78, 5) is 57.5. The van der Waals surface area contributed by atoms with Crippen LogP contribution in [0.4, 0.5) is 0 Å². The summed E-state index contributed by atoms with van der Waals surface area (Å²) in [5, 5.41) is 21.7. The van der Waals surface area contributed by atoms with Crippen LogP contribution in [0.2, 0.25) is 0 Å². The molecular formula is C22H12N4O6. The van der Waals surface area contributed by atoms with Crippen LogP contribution in [0, 0.1) is 0 Å². The number of carbonyl (C=O) groups is 4. The Labute approximate surface area is 177 Å². The van der Waals surface area contributed by atoms with Crippen LogP contribution in [-0.2, 0) is 0 Å². The average Bonchev–Trinajstić information content (AvgIpc) is 2.75. The van der Waals surface area contributed by atoms with Crippen LogP contribution in [0.25, 0.3) is 43.4 Å². The minimum Gasteiger partial charge on any atom is -0.478 e. The van der Waals surface area contributed by atoms with Gasteiger partial charge in [0.25, 0.3) is 11.8 Å². The van der Waals surface area contributed by atoms with Gasteiger partial charge in [-0.1, -0.05) is 18.2 Å². The molecule has 0 aliphatic heterocycles. The molecule has 0 aliphatic carbocycles. The summed E-state index contributed by atoms with van der Waals surface area (Å²) in [6.45, 7) is 0. The zero-order valence-electron chi connectivity index (χ0n) is 16.0. The number of carbonyl (C=O) groups excluding carboxylic acids is 2. The van der Waals surface area contributed by atoms with Gasteiger partial charge in [-0.25, -0.2) is 14.6 Å². The Morgan fingerprint density at radius 1 is 0.781 bits per heavy atom. The lowest BCUT2D eigenvalue weighted by atomic mass is 9.87. The predicted octanol–water partition coefficient (Wildman–Crippen LogP) is 2.12. The third-order valence-electron chi connectivity index (χ3n) is 5.50. The number of carboxylic acid groups (broad SMARTS) is 2. The van der Waals surface area contributed by atoms with Crippen molar-refractivity contribution in [1.29, 1.82) is 0 Å². The maximum atomic E-state index is 12.4. The number of amides is 2. The van der Waals surface area contributed by atoms with Crippen molar-refractivity contribution in [3.05, 3.63) is 58.9 Å². The summed E-state index contributed by atoms with van der Waals surface area (Å²) in [7, 11) is 0. The van der Waals surface area contributed by atoms with Gasteiger partial charge in [0.15, 0.2) is 0 Å². The molecule has 2 aromatic heterocycles. The number of hydrogen-bond acceptors (Lipinski definition) is 6. The summed E-state index contributed by atoms with van der Waals surface area (Å²) in [6.07, 6.45) is 1.53. The van der Waals surface area contributed by atoms with E-state index in [1.165, 1.54) is 12.3 Å². The average molecular weight is 428 g/mol. The Balaban J connectivity index is 2.29. The van der Waals surface area contributed by atoms with Gasteiger partial charge in [0.1, 0.15) is 5.69 Å². The van der Waals surface area contributed by atoms with Crippen molar-refractivity contribution in [2.24, 2.45) is 11.5 Å². The van der Waals surface area contributed by atoms with E-state index in [4.69, 9.17) is 11.5 Å². The number of primary amides is 2. The van der Waals surface area contributed by atoms with Gasteiger partial charge in [-0.3, -0.25) is 14.6 Å². The molecule has 0 bridgehead atoms. The fourth-order valence-electron chi connectivity index (χ4n) is 4.34. The van der Waals surface area contributed by atoms with E-state index in [2.05, 4.69) is 9.97 Å². The molecule has 0 atom stereocenters. The molecule has 2 heterocycles. The van der Waals surface area contributed by atoms with Crippen molar-refractivity contribution in [1.82, 2.24) is 9.97 Å². The summed E-state index contributed by atoms with van der Waals surface area (Å²) < 4.78 is 0. The van der Waals surface area contributed by atoms with E-state index in [-0.39, 0.29) is 21.7 Å². The number of hydrogen-bond donors (Lipinski definition) is 4. The lowest BCUT2D eigenvalue weighted by Crippen LogP contribution is -2.24. The smallest absolute Gasteiger partial charge is 0.337 e. The molecule has 10 heteroatoms. The molecule has 0 aliphatic rings. The van der Waals surface area contributed by atoms with E-state index in [1.54, 1.807) is 18.2 Å². The zero-order valence-corrected chi connectivity index (χ0v) is 16.0. The van der Waals surface area contributed by atoms with Crippen molar-refractivity contribution in [2.75, 3.05) is 0 Å². The molecule has 0 saturated heterocycles. The molecule has 0 saturated carbocycles. The fourth-order valence-corrected chi connectivity index (χ4v) is 4.34. The predicted molar refractivity (Wildman–Crippen MR) is 114 cm³/mol. The van der Waals surface area contributed by atoms with Gasteiger partial charge in [0, 0.05) is 33.1 Å². The summed E-state index contributed by atoms with van der Waals surface area (Å²) in [5.41, 5.74) is 9.15. The van der Waals surface area contributed by atoms with Crippen molar-refractivity contribution < 1.29 is 29.4 Å². The number of carboxylic acids is 2. The Morgan fingerprint density at radius 3 is 2.16 bits per heavy atom. The third kappa shape index (κ3) is 2.34. The summed E-state index contributed by atoms with van der Waals surface area (Å²) in [5.74, 6) is -5.44. The fraction of sp³-hybridized carbons (Fsp3) is 0. The van der Waals surface area contributed by atoms with Crippen LogP contribution in [0.1, 0.15) is 41.6 Å². The first kappa shape index (κ1) is 19.1. The second-order valence-electron chi connectivity index (χ2n) is 7.18. The van der Waals surface area contributed by atoms with Crippen molar-refractivity contribution in [2.45, 2.75) is 0 Å². The molecule has 2 amide bonds. The first-order valence-electron chi connectivity index (χ1n) is 9.21. The SMILES string of the molecule is NC(=O)c1nc2c3cccc4ccnc(c5cc(C(=O)O)c(C(=O)O)c(c1C(N)=O)c52)c43. The standard InChI is InChI=1S/C22H12N4O6/c23-19(27)15-14-12-9(6-10(21(29)30)13(14)22(31)32)16-11-7(4-5-25-16)2-1-3-8(11)17(12)26-18(15)20(24)28/h1-6H,(H2,23,27)(H2,24,28)(H,29,30)(H,31,32). The maximum Gasteiger partial charge on any atom is 0.337 e. The highest BCUT2D eigenvalue weighted by Crippen LogP contribution is 2.42. The second kappa shape index (κ2) is 6.32. The molecule has 0 unspecified atom stereocenters. The Hall–Kier alpha value is -4.86. The minimum atomic E-state index is -1.62. The van der Waals surface area contributed by atoms with Crippen molar-refractivity contribution in [3.63, 3.8) is 0 Å². The molecule has 10 nitrogen and oxygen atoms in total. The molecular weight excluding hydrogens is 416 g/mol. The number of rotatable bonds is 4. The highest BCUT2D eigenvalue weighted by Gasteiger charge is 2.31. The van der Waals surface area contributed by atoms with E-state index in [9.17, 15) is 29.4 Å². The molecule has 6 N–H and O–H groups in total. The molecule has 5 rings (SSSR count). The highest BCUT2D eigenvalue weighted by molar-refractivity contribution is 6.36. The van der Waals surface area contributed by atoms with Crippen LogP contribution >= 0.6 is 0 Å². The minimum absolute atomic E-state index is 0.157. The maximum absolute atomic E-state index is 12.4. The second-order valence-corrected chi connectivity index (χ2v) is 7.18. The Bertz CT molecular complexity index is 1580. The number of benzene rings is 3. The van der Waals surface area contributed by atoms with Crippen LogP contribution in [0.3, 0.4) is 0 Å². The molecule has 0 radical (unpaired) electrons. The van der Waals surface area contributed by atoms with Crippen molar-refractivity contribution in [3.8, 4) is 0 Å². The number of pyridine rings is 2. The van der Waals surface area contributed by atoms with Gasteiger partial charge in [-0.05, 0) is 17.5 Å². The third-order valence-corrected chi connectivity index (χ3v) is 5.50. The molecule has 3 aromatic carbocycles. The summed E-state index contributed by atoms with van der Waals surface area (Å²) in [6, 6.07) is 8.21. The van der Waals surface area contributed by atoms with Gasteiger partial charge in [0.2, 0.25) is 0 Å². The largest absolute Gasteiger partial charge is 0.478 e. The highest BCUT2D eigenvalue weighted by atomic mass is 16.4. The van der Waals surface area contributed by atoms with Gasteiger partial charge in [-0.15, -0.1) is 0 Å². The summed E-state index contributed by atoms with van der Waals surface area (Å²) >= 11 is 0. The number of aromatic carboxylic acids is 2. The molecule has 0 fully saturated rings. The lowest BCUT2D eigenvalue weighted by Gasteiger charge is -2.18. The Morgan fingerprint density at radius 2 is 1.53 bits per heavy atom. The molecule has 156 valence electrons. The normalized spacial score (nSPS) is 11.5. The molecule has 0 spiro atoms. The van der Waals surface area contributed by atoms with Crippen molar-refractivity contribution >= 4 is 67.1 Å². The van der Waals surface area contributed by atoms with Crippen LogP contribution in [0.5, 0.6) is 0 Å². The van der Waals surface area contributed by atoms with Crippen LogP contribution < -0.4 is 11.5 Å². The number of fused-ring (bicyclic) bond motifs is 2. The Kier molecular flexibility index (Phi) is 3.78. The monoisotopic (exact) mass is 428 g/mol. The first-order chi connectivity index (χ1) is 15.2. The van der Waals surface area contributed by atoms with E-state index < -0.39 is 46.1 Å². The zero-order chi connectivity index (χ0) is 22.9. The number of nitrogens with zero attached hydrogens (tertiary/aromatic N) is 2. The number of aromatic nitrogens is 2. The van der Waals surface area contributed by atoms with E-state index in [0.29, 0.717) is 16.3 Å². The first-order valence-corrected chi connectivity index (χ1v) is 9.21. The topological polar surface area (TPSA) is 187 Å². The van der Waals surface area contributed by atoms with Gasteiger partial charge >= 0.3 is 11.9 Å². The van der Waals surface area contributed by atoms with E-state index in [1.807, 2.05) is 6.07 Å². The number of nitrogens with two attached hydrogens (primary N) is 2. The lowest BCUT2D eigenvalue weighted by molar-refractivity contribution is 0.0653. The van der Waals surface area contributed by atoms with Gasteiger partial charge in [-0.2, -0.15) is 0 Å². The van der Waals surface area contributed by atoms with E-state index >= 15 is 0 Å². The van der Waals surface area contributed by atoms with Crippen LogP contribution in [-0.4, -0.2) is 43.9 Å². The quantitative estimate of drug-likeness (QED) is 0.247. The van der Waals surface area contributed by atoms with Gasteiger partial charge < -0.3 is 21.7 Å². The van der Waals surface area contributed by atoms with E-state index in [0.717, 1.165) is 5.39 Å².